The molecule has 0 aliphatic rings. The number of anilines is 1. The van der Waals surface area contributed by atoms with Gasteiger partial charge < -0.3 is 5.32 Å². The number of nitrogens with zero attached hydrogens (tertiary/aromatic N) is 1. The van der Waals surface area contributed by atoms with E-state index in [1.54, 1.807) is 12.4 Å². The van der Waals surface area contributed by atoms with Gasteiger partial charge in [-0.05, 0) is 11.8 Å². The van der Waals surface area contributed by atoms with Crippen LogP contribution in [-0.2, 0) is 4.79 Å². The molecule has 1 heterocycles. The molecule has 0 saturated carbocycles. The lowest BCUT2D eigenvalue weighted by Gasteiger charge is -2.16. The summed E-state index contributed by atoms with van der Waals surface area (Å²) in [4.78, 5) is 11.4. The zero-order valence-corrected chi connectivity index (χ0v) is 8.92. The molecule has 1 aromatic heterocycles. The smallest absolute Gasteiger partial charge is 0.224 e. The maximum Gasteiger partial charge on any atom is 0.224 e. The van der Waals surface area contributed by atoms with Crippen LogP contribution in [0.2, 0.25) is 0 Å². The van der Waals surface area contributed by atoms with Crippen LogP contribution in [0.1, 0.15) is 33.6 Å². The van der Waals surface area contributed by atoms with Gasteiger partial charge in [-0.2, -0.15) is 5.10 Å². The predicted octanol–water partition coefficient (Wildman–Crippen LogP) is 2.17. The first-order valence-electron chi connectivity index (χ1n) is 4.76. The van der Waals surface area contributed by atoms with Gasteiger partial charge >= 0.3 is 0 Å². The van der Waals surface area contributed by atoms with E-state index in [0.29, 0.717) is 6.42 Å². The van der Waals surface area contributed by atoms with Crippen molar-refractivity contribution >= 4 is 11.6 Å². The number of carbonyl (C=O) groups excluding carboxylic acids is 1. The van der Waals surface area contributed by atoms with Crippen LogP contribution < -0.4 is 5.32 Å². The van der Waals surface area contributed by atoms with Crippen LogP contribution in [0.3, 0.4) is 0 Å². The van der Waals surface area contributed by atoms with Crippen molar-refractivity contribution in [2.75, 3.05) is 5.32 Å². The van der Waals surface area contributed by atoms with Gasteiger partial charge in [0.15, 0.2) is 0 Å². The van der Waals surface area contributed by atoms with Crippen LogP contribution in [-0.4, -0.2) is 16.1 Å². The summed E-state index contributed by atoms with van der Waals surface area (Å²) in [5, 5.41) is 9.15. The van der Waals surface area contributed by atoms with Crippen molar-refractivity contribution in [3.8, 4) is 0 Å². The Kier molecular flexibility index (Phi) is 3.28. The Hall–Kier alpha value is -1.32. The molecule has 0 atom stereocenters. The fraction of sp³-hybridized carbons (Fsp3) is 0.600. The van der Waals surface area contributed by atoms with Crippen molar-refractivity contribution in [1.82, 2.24) is 10.2 Å². The van der Waals surface area contributed by atoms with Crippen molar-refractivity contribution < 1.29 is 4.79 Å². The SMILES string of the molecule is CC(C)(C)CCC(=O)Nc1cn[nH]c1. The normalized spacial score (nSPS) is 11.4. The Morgan fingerprint density at radius 1 is 1.57 bits per heavy atom. The number of aromatic nitrogens is 2. The van der Waals surface area contributed by atoms with E-state index >= 15 is 0 Å². The number of rotatable bonds is 3. The molecule has 1 aromatic rings. The molecule has 14 heavy (non-hydrogen) atoms. The molecule has 0 saturated heterocycles. The third-order valence-corrected chi connectivity index (χ3v) is 1.88. The number of carbonyl (C=O) groups is 1. The predicted molar refractivity (Wildman–Crippen MR) is 55.9 cm³/mol. The van der Waals surface area contributed by atoms with Crippen LogP contribution in [0.15, 0.2) is 12.4 Å². The molecular formula is C10H17N3O. The van der Waals surface area contributed by atoms with Gasteiger partial charge in [0.1, 0.15) is 0 Å². The summed E-state index contributed by atoms with van der Waals surface area (Å²) in [7, 11) is 0. The zero-order chi connectivity index (χ0) is 10.6. The number of amides is 1. The average Bonchev–Trinajstić information content (AvgIpc) is 2.52. The minimum Gasteiger partial charge on any atom is -0.323 e. The van der Waals surface area contributed by atoms with Crippen molar-refractivity contribution in [3.63, 3.8) is 0 Å². The molecular weight excluding hydrogens is 178 g/mol. The Labute approximate surface area is 84.1 Å². The highest BCUT2D eigenvalue weighted by Gasteiger charge is 2.12. The second-order valence-corrected chi connectivity index (χ2v) is 4.60. The molecule has 4 nitrogen and oxygen atoms in total. The van der Waals surface area contributed by atoms with Crippen molar-refractivity contribution in [3.05, 3.63) is 12.4 Å². The molecule has 0 aromatic carbocycles. The largest absolute Gasteiger partial charge is 0.323 e. The minimum absolute atomic E-state index is 0.0429. The number of H-pyrrole nitrogens is 1. The van der Waals surface area contributed by atoms with Crippen molar-refractivity contribution in [1.29, 1.82) is 0 Å². The Morgan fingerprint density at radius 3 is 2.79 bits per heavy atom. The molecule has 4 heteroatoms. The Morgan fingerprint density at radius 2 is 2.29 bits per heavy atom. The highest BCUT2D eigenvalue weighted by molar-refractivity contribution is 5.90. The summed E-state index contributed by atoms with van der Waals surface area (Å²) >= 11 is 0. The van der Waals surface area contributed by atoms with Gasteiger partial charge in [-0.15, -0.1) is 0 Å². The molecule has 0 unspecified atom stereocenters. The molecule has 0 spiro atoms. The van der Waals surface area contributed by atoms with Gasteiger partial charge in [-0.1, -0.05) is 20.8 Å². The number of nitrogens with one attached hydrogen (secondary N) is 2. The quantitative estimate of drug-likeness (QED) is 0.776. The van der Waals surface area contributed by atoms with Gasteiger partial charge in [0, 0.05) is 12.6 Å². The van der Waals surface area contributed by atoms with E-state index in [-0.39, 0.29) is 11.3 Å². The first-order chi connectivity index (χ1) is 6.47. The first-order valence-corrected chi connectivity index (χ1v) is 4.76. The van der Waals surface area contributed by atoms with E-state index in [1.807, 2.05) is 0 Å². The second kappa shape index (κ2) is 4.26. The lowest BCUT2D eigenvalue weighted by Crippen LogP contribution is -2.15. The fourth-order valence-corrected chi connectivity index (χ4v) is 1.03. The van der Waals surface area contributed by atoms with E-state index in [0.717, 1.165) is 12.1 Å². The Balaban J connectivity index is 2.30. The highest BCUT2D eigenvalue weighted by atomic mass is 16.1. The van der Waals surface area contributed by atoms with Gasteiger partial charge in [0.25, 0.3) is 0 Å². The highest BCUT2D eigenvalue weighted by Crippen LogP contribution is 2.20. The van der Waals surface area contributed by atoms with Crippen LogP contribution in [0, 0.1) is 5.41 Å². The molecule has 1 rings (SSSR count). The van der Waals surface area contributed by atoms with E-state index in [9.17, 15) is 4.79 Å². The van der Waals surface area contributed by atoms with Gasteiger partial charge in [0.05, 0.1) is 11.9 Å². The molecule has 0 bridgehead atoms. The summed E-state index contributed by atoms with van der Waals surface area (Å²) in [6.45, 7) is 6.37. The lowest BCUT2D eigenvalue weighted by molar-refractivity contribution is -0.116. The maximum atomic E-state index is 11.4. The standard InChI is InChI=1S/C10H17N3O/c1-10(2,3)5-4-9(14)13-8-6-11-12-7-8/h6-7H,4-5H2,1-3H3,(H,11,12)(H,13,14). The van der Waals surface area contributed by atoms with E-state index in [1.165, 1.54) is 0 Å². The molecule has 0 aliphatic carbocycles. The molecule has 0 radical (unpaired) electrons. The summed E-state index contributed by atoms with van der Waals surface area (Å²) < 4.78 is 0. The number of aromatic amines is 1. The first kappa shape index (κ1) is 10.8. The molecule has 2 N–H and O–H groups in total. The van der Waals surface area contributed by atoms with Gasteiger partial charge in [0.2, 0.25) is 5.91 Å². The molecule has 0 fully saturated rings. The number of hydrogen-bond acceptors (Lipinski definition) is 2. The van der Waals surface area contributed by atoms with Gasteiger partial charge in [-0.3, -0.25) is 9.89 Å². The monoisotopic (exact) mass is 195 g/mol. The Bertz CT molecular complexity index is 285. The zero-order valence-electron chi connectivity index (χ0n) is 8.92. The summed E-state index contributed by atoms with van der Waals surface area (Å²) in [6.07, 6.45) is 4.69. The summed E-state index contributed by atoms with van der Waals surface area (Å²) in [5.41, 5.74) is 0.928. The minimum atomic E-state index is 0.0429. The topological polar surface area (TPSA) is 57.8 Å². The third-order valence-electron chi connectivity index (χ3n) is 1.88. The van der Waals surface area contributed by atoms with Gasteiger partial charge in [-0.25, -0.2) is 0 Å². The molecule has 1 amide bonds. The number of hydrogen-bond donors (Lipinski definition) is 2. The van der Waals surface area contributed by atoms with E-state index < -0.39 is 0 Å². The lowest BCUT2D eigenvalue weighted by atomic mass is 9.90. The third kappa shape index (κ3) is 4.07. The summed E-state index contributed by atoms with van der Waals surface area (Å²) in [6, 6.07) is 0. The average molecular weight is 195 g/mol. The second-order valence-electron chi connectivity index (χ2n) is 4.60. The van der Waals surface area contributed by atoms with Crippen LogP contribution >= 0.6 is 0 Å². The van der Waals surface area contributed by atoms with E-state index in [2.05, 4.69) is 36.3 Å². The van der Waals surface area contributed by atoms with Crippen LogP contribution in [0.4, 0.5) is 5.69 Å². The fourth-order valence-electron chi connectivity index (χ4n) is 1.03. The van der Waals surface area contributed by atoms with Crippen molar-refractivity contribution in [2.24, 2.45) is 5.41 Å². The summed E-state index contributed by atoms with van der Waals surface area (Å²) in [5.74, 6) is 0.0429. The van der Waals surface area contributed by atoms with Crippen LogP contribution in [0.5, 0.6) is 0 Å². The molecule has 78 valence electrons. The van der Waals surface area contributed by atoms with Crippen LogP contribution in [0.25, 0.3) is 0 Å². The maximum absolute atomic E-state index is 11.4. The molecule has 0 aliphatic heterocycles. The van der Waals surface area contributed by atoms with E-state index in [4.69, 9.17) is 0 Å². The van der Waals surface area contributed by atoms with Crippen molar-refractivity contribution in [2.45, 2.75) is 33.6 Å².